The molecule has 0 saturated carbocycles. The highest BCUT2D eigenvalue weighted by Gasteiger charge is 2.24. The maximum atomic E-state index is 14.6. The van der Waals surface area contributed by atoms with Gasteiger partial charge in [-0.3, -0.25) is 18.8 Å². The van der Waals surface area contributed by atoms with Gasteiger partial charge in [0.25, 0.3) is 0 Å². The van der Waals surface area contributed by atoms with Gasteiger partial charge in [-0.2, -0.15) is 0 Å². The summed E-state index contributed by atoms with van der Waals surface area (Å²) in [7, 11) is -3.66. The van der Waals surface area contributed by atoms with E-state index in [1.165, 1.54) is 42.2 Å². The summed E-state index contributed by atoms with van der Waals surface area (Å²) < 4.78 is 83.3. The van der Waals surface area contributed by atoms with Crippen LogP contribution >= 0.6 is 11.8 Å². The number of sulfone groups is 1. The molecule has 8 rings (SSSR count). The number of thioether (sulfide) groups is 1. The summed E-state index contributed by atoms with van der Waals surface area (Å²) in [5, 5.41) is 0.234. The van der Waals surface area contributed by atoms with Gasteiger partial charge >= 0.3 is 0 Å². The molecule has 56 heavy (non-hydrogen) atoms. The minimum atomic E-state index is -3.66. The zero-order valence-corrected chi connectivity index (χ0v) is 31.7. The molecule has 0 aliphatic rings. The van der Waals surface area contributed by atoms with Crippen LogP contribution in [0.1, 0.15) is 25.2 Å². The van der Waals surface area contributed by atoms with Crippen molar-refractivity contribution in [2.45, 2.75) is 37.0 Å². The van der Waals surface area contributed by atoms with Gasteiger partial charge in [-0.05, 0) is 55.5 Å². The lowest BCUT2D eigenvalue weighted by atomic mass is 10.1. The third-order valence-electron chi connectivity index (χ3n) is 8.54. The maximum Gasteiger partial charge on any atom is 0.247 e. The first kappa shape index (κ1) is 38.1. The topological polar surface area (TPSA) is 146 Å². The van der Waals surface area contributed by atoms with Crippen LogP contribution in [0.3, 0.4) is 0 Å². The molecule has 6 aromatic heterocycles. The van der Waals surface area contributed by atoms with Crippen molar-refractivity contribution in [3.63, 3.8) is 0 Å². The first-order chi connectivity index (χ1) is 26.9. The number of fused-ring (bicyclic) bond motifs is 2. The van der Waals surface area contributed by atoms with E-state index in [0.717, 1.165) is 30.1 Å². The second-order valence-corrected chi connectivity index (χ2v) is 14.8. The lowest BCUT2D eigenvalue weighted by Gasteiger charge is -2.07. The van der Waals surface area contributed by atoms with Gasteiger partial charge in [-0.15, -0.1) is 0 Å². The molecule has 12 nitrogen and oxygen atoms in total. The van der Waals surface area contributed by atoms with E-state index in [1.54, 1.807) is 41.5 Å². The zero-order chi connectivity index (χ0) is 39.7. The number of aromatic nitrogens is 10. The summed E-state index contributed by atoms with van der Waals surface area (Å²) >= 11 is 1.41. The monoisotopic (exact) mass is 798 g/mol. The molecule has 2 aromatic carbocycles. The smallest absolute Gasteiger partial charge is 0.247 e. The molecule has 0 saturated heterocycles. The normalized spacial score (nSPS) is 11.6. The molecular weight excluding hydrogens is 769 g/mol. The molecule has 0 aliphatic carbocycles. The van der Waals surface area contributed by atoms with Crippen LogP contribution in [0.2, 0.25) is 0 Å². The van der Waals surface area contributed by atoms with Crippen molar-refractivity contribution < 1.29 is 26.0 Å². The molecular formula is C38H30F4N10O2S2. The van der Waals surface area contributed by atoms with Crippen molar-refractivity contribution in [2.24, 2.45) is 0 Å². The van der Waals surface area contributed by atoms with E-state index < -0.39 is 33.1 Å². The average molecular weight is 799 g/mol. The first-order valence-electron chi connectivity index (χ1n) is 16.9. The zero-order valence-electron chi connectivity index (χ0n) is 30.1. The van der Waals surface area contributed by atoms with E-state index in [-0.39, 0.29) is 27.7 Å². The fraction of sp³-hybridized carbons (Fsp3) is 0.158. The Kier molecular flexibility index (Phi) is 10.6. The number of hydrogen-bond acceptors (Lipinski definition) is 11. The number of hydrogen-bond donors (Lipinski definition) is 0. The quantitative estimate of drug-likeness (QED) is 0.0855. The Balaban J connectivity index is 0.000000172. The number of aryl methyl sites for hydroxylation is 2. The predicted molar refractivity (Wildman–Crippen MR) is 202 cm³/mol. The predicted octanol–water partition coefficient (Wildman–Crippen LogP) is 7.51. The van der Waals surface area contributed by atoms with Crippen molar-refractivity contribution >= 4 is 32.9 Å². The van der Waals surface area contributed by atoms with Crippen molar-refractivity contribution in [2.75, 3.05) is 12.5 Å². The summed E-state index contributed by atoms with van der Waals surface area (Å²) in [6, 6.07) is 9.92. The van der Waals surface area contributed by atoms with Crippen LogP contribution in [0, 0.1) is 23.3 Å². The Hall–Kier alpha value is -6.14. The minimum Gasteiger partial charge on any atom is -0.295 e. The van der Waals surface area contributed by atoms with Gasteiger partial charge in [0.1, 0.15) is 34.7 Å². The van der Waals surface area contributed by atoms with Crippen molar-refractivity contribution in [3.8, 4) is 45.3 Å². The maximum absolute atomic E-state index is 14.6. The molecule has 0 unspecified atom stereocenters. The molecule has 0 radical (unpaired) electrons. The Labute approximate surface area is 321 Å². The summed E-state index contributed by atoms with van der Waals surface area (Å²) in [6.07, 6.45) is 13.7. The van der Waals surface area contributed by atoms with Crippen LogP contribution in [0.4, 0.5) is 17.6 Å². The minimum absolute atomic E-state index is 0.0617. The molecule has 0 bridgehead atoms. The van der Waals surface area contributed by atoms with Gasteiger partial charge in [0, 0.05) is 66.7 Å². The standard InChI is InChI=1S/C19H15F2N5O2S.C19H15F2N5S/c1-3-14-18-25-16(12-5-4-11(20)10-13(12)21)17(26(18)9-8-22-14)15-6-7-23-19(24-15)29(2,27)28;1-3-14-18-25-16(12-5-4-11(20)10-13(12)21)17(26(18)9-8-22-14)15-6-7-23-19(24-15)27-2/h4-10H,3H2,1-2H3;4-10H,3H2,1-2H3. The molecule has 0 spiro atoms. The molecule has 284 valence electrons. The van der Waals surface area contributed by atoms with E-state index in [1.807, 2.05) is 24.5 Å². The molecule has 18 heteroatoms. The van der Waals surface area contributed by atoms with Crippen LogP contribution < -0.4 is 0 Å². The van der Waals surface area contributed by atoms with Crippen LogP contribution in [0.15, 0.2) is 96.0 Å². The van der Waals surface area contributed by atoms with Crippen molar-refractivity contribution in [1.82, 2.24) is 48.7 Å². The first-order valence-corrected chi connectivity index (χ1v) is 20.1. The SMILES string of the molecule is CCc1nccn2c(-c3ccnc(S(C)(=O)=O)n3)c(-c3ccc(F)cc3F)nc12.CCc1nccn2c(-c3ccnc(SC)n3)c(-c3ccc(F)cc3F)nc12. The number of nitrogens with zero attached hydrogens (tertiary/aromatic N) is 10. The number of rotatable bonds is 8. The van der Waals surface area contributed by atoms with Crippen LogP contribution in [-0.4, -0.2) is 69.6 Å². The number of halogens is 4. The van der Waals surface area contributed by atoms with Crippen molar-refractivity contribution in [3.05, 3.63) is 120 Å². The van der Waals surface area contributed by atoms with Gasteiger partial charge in [0.2, 0.25) is 15.0 Å². The molecule has 6 heterocycles. The fourth-order valence-electron chi connectivity index (χ4n) is 6.01. The van der Waals surface area contributed by atoms with Gasteiger partial charge in [0.15, 0.2) is 16.5 Å². The molecule has 0 amide bonds. The van der Waals surface area contributed by atoms with Crippen LogP contribution in [0.25, 0.3) is 56.6 Å². The van der Waals surface area contributed by atoms with Gasteiger partial charge in [-0.1, -0.05) is 25.6 Å². The third-order valence-corrected chi connectivity index (χ3v) is 9.96. The summed E-state index contributed by atoms with van der Waals surface area (Å²) in [5.74, 6) is -2.82. The van der Waals surface area contributed by atoms with Gasteiger partial charge in [0.05, 0.1) is 34.2 Å². The third kappa shape index (κ3) is 7.32. The van der Waals surface area contributed by atoms with Crippen LogP contribution in [-0.2, 0) is 22.7 Å². The van der Waals surface area contributed by atoms with E-state index in [4.69, 9.17) is 0 Å². The Morgan fingerprint density at radius 2 is 1.11 bits per heavy atom. The Bertz CT molecular complexity index is 2890. The highest BCUT2D eigenvalue weighted by molar-refractivity contribution is 7.98. The fourth-order valence-corrected chi connectivity index (χ4v) is 6.88. The summed E-state index contributed by atoms with van der Waals surface area (Å²) in [4.78, 5) is 34.5. The Morgan fingerprint density at radius 1 is 0.625 bits per heavy atom. The van der Waals surface area contributed by atoms with Crippen molar-refractivity contribution in [1.29, 1.82) is 0 Å². The highest BCUT2D eigenvalue weighted by Crippen LogP contribution is 2.36. The van der Waals surface area contributed by atoms with Gasteiger partial charge < -0.3 is 0 Å². The summed E-state index contributed by atoms with van der Waals surface area (Å²) in [5.41, 5.74) is 5.22. The molecule has 0 fully saturated rings. The average Bonchev–Trinajstić information content (AvgIpc) is 3.77. The van der Waals surface area contributed by atoms with E-state index in [0.29, 0.717) is 57.8 Å². The van der Waals surface area contributed by atoms with Crippen LogP contribution in [0.5, 0.6) is 0 Å². The Morgan fingerprint density at radius 3 is 1.55 bits per heavy atom. The number of benzene rings is 2. The molecule has 0 atom stereocenters. The van der Waals surface area contributed by atoms with E-state index in [9.17, 15) is 26.0 Å². The lowest BCUT2D eigenvalue weighted by Crippen LogP contribution is -2.05. The van der Waals surface area contributed by atoms with Gasteiger partial charge in [-0.25, -0.2) is 55.9 Å². The number of imidazole rings is 2. The molecule has 0 N–H and O–H groups in total. The largest absolute Gasteiger partial charge is 0.295 e. The second-order valence-electron chi connectivity index (χ2n) is 12.1. The molecule has 0 aliphatic heterocycles. The molecule has 8 aromatic rings. The van der Waals surface area contributed by atoms with E-state index in [2.05, 4.69) is 39.9 Å². The lowest BCUT2D eigenvalue weighted by molar-refractivity contribution is 0.584. The highest BCUT2D eigenvalue weighted by atomic mass is 32.2. The van der Waals surface area contributed by atoms with E-state index >= 15 is 0 Å². The summed E-state index contributed by atoms with van der Waals surface area (Å²) in [6.45, 7) is 3.88. The second kappa shape index (κ2) is 15.5.